The summed E-state index contributed by atoms with van der Waals surface area (Å²) >= 11 is 0. The smallest absolute Gasteiger partial charge is 0.165 e. The van der Waals surface area contributed by atoms with Crippen molar-refractivity contribution in [2.24, 2.45) is 0 Å². The summed E-state index contributed by atoms with van der Waals surface area (Å²) in [6.45, 7) is 10.6. The first-order valence-electron chi connectivity index (χ1n) is 6.05. The Morgan fingerprint density at radius 2 is 2.00 bits per heavy atom. The minimum Gasteiger partial charge on any atom is -0.485 e. The summed E-state index contributed by atoms with van der Waals surface area (Å²) in [5.74, 6) is 0.00660. The van der Waals surface area contributed by atoms with Crippen LogP contribution < -0.4 is 10.1 Å². The molecule has 1 N–H and O–H groups in total. The lowest BCUT2D eigenvalue weighted by Gasteiger charge is -2.22. The van der Waals surface area contributed by atoms with E-state index in [1.165, 1.54) is 6.07 Å². The third-order valence-electron chi connectivity index (χ3n) is 2.38. The zero-order valence-corrected chi connectivity index (χ0v) is 11.3. The number of rotatable bonds is 4. The second-order valence-electron chi connectivity index (χ2n) is 5.18. The van der Waals surface area contributed by atoms with Gasteiger partial charge in [-0.1, -0.05) is 13.0 Å². The SMILES string of the molecule is CCNC(C)c1ccc(OC(C)(C)C)c(F)c1. The molecule has 0 radical (unpaired) electrons. The maximum Gasteiger partial charge on any atom is 0.165 e. The number of halogens is 1. The van der Waals surface area contributed by atoms with Crippen LogP contribution in [0.25, 0.3) is 0 Å². The monoisotopic (exact) mass is 239 g/mol. The molecule has 3 heteroatoms. The summed E-state index contributed by atoms with van der Waals surface area (Å²) in [4.78, 5) is 0. The first kappa shape index (κ1) is 14.0. The van der Waals surface area contributed by atoms with Crippen LogP contribution >= 0.6 is 0 Å². The Labute approximate surface area is 103 Å². The highest BCUT2D eigenvalue weighted by molar-refractivity contribution is 5.31. The highest BCUT2D eigenvalue weighted by Crippen LogP contribution is 2.25. The van der Waals surface area contributed by atoms with E-state index < -0.39 is 0 Å². The van der Waals surface area contributed by atoms with Gasteiger partial charge >= 0.3 is 0 Å². The Hall–Kier alpha value is -1.09. The van der Waals surface area contributed by atoms with Crippen molar-refractivity contribution in [2.75, 3.05) is 6.54 Å². The lowest BCUT2D eigenvalue weighted by molar-refractivity contribution is 0.124. The zero-order valence-electron chi connectivity index (χ0n) is 11.3. The average Bonchev–Trinajstić information content (AvgIpc) is 2.19. The lowest BCUT2D eigenvalue weighted by atomic mass is 10.1. The van der Waals surface area contributed by atoms with Gasteiger partial charge < -0.3 is 10.1 Å². The molecular formula is C14H22FNO. The van der Waals surface area contributed by atoms with E-state index in [1.807, 2.05) is 40.7 Å². The third-order valence-corrected chi connectivity index (χ3v) is 2.38. The van der Waals surface area contributed by atoms with Crippen molar-refractivity contribution >= 4 is 0 Å². The van der Waals surface area contributed by atoms with Gasteiger partial charge in [0.2, 0.25) is 0 Å². The molecule has 0 saturated carbocycles. The summed E-state index contributed by atoms with van der Waals surface area (Å²) < 4.78 is 19.4. The molecule has 1 aromatic rings. The van der Waals surface area contributed by atoms with Gasteiger partial charge in [0.05, 0.1) is 0 Å². The van der Waals surface area contributed by atoms with E-state index >= 15 is 0 Å². The minimum atomic E-state index is -0.379. The van der Waals surface area contributed by atoms with Crippen LogP contribution in [0.5, 0.6) is 5.75 Å². The van der Waals surface area contributed by atoms with E-state index in [1.54, 1.807) is 6.07 Å². The van der Waals surface area contributed by atoms with Crippen molar-refractivity contribution in [3.05, 3.63) is 29.6 Å². The predicted octanol–water partition coefficient (Wildman–Crippen LogP) is 3.67. The molecule has 0 fully saturated rings. The molecule has 1 unspecified atom stereocenters. The van der Waals surface area contributed by atoms with Gasteiger partial charge in [0.25, 0.3) is 0 Å². The van der Waals surface area contributed by atoms with Crippen LogP contribution in [0.2, 0.25) is 0 Å². The molecule has 0 aliphatic heterocycles. The standard InChI is InChI=1S/C14H22FNO/c1-6-16-10(2)11-7-8-13(12(15)9-11)17-14(3,4)5/h7-10,16H,6H2,1-5H3. The first-order chi connectivity index (χ1) is 7.83. The van der Waals surface area contributed by atoms with Gasteiger partial charge in [-0.25, -0.2) is 4.39 Å². The maximum absolute atomic E-state index is 13.8. The van der Waals surface area contributed by atoms with Gasteiger partial charge in [-0.05, 0) is 51.9 Å². The molecule has 0 bridgehead atoms. The van der Waals surface area contributed by atoms with Gasteiger partial charge in [0.15, 0.2) is 11.6 Å². The van der Waals surface area contributed by atoms with Gasteiger partial charge in [0, 0.05) is 6.04 Å². The molecule has 1 atom stereocenters. The molecular weight excluding hydrogens is 217 g/mol. The van der Waals surface area contributed by atoms with E-state index in [0.29, 0.717) is 5.75 Å². The first-order valence-corrected chi connectivity index (χ1v) is 6.05. The van der Waals surface area contributed by atoms with Crippen LogP contribution in [0.15, 0.2) is 18.2 Å². The Morgan fingerprint density at radius 1 is 1.35 bits per heavy atom. The minimum absolute atomic E-state index is 0.151. The van der Waals surface area contributed by atoms with E-state index in [4.69, 9.17) is 4.74 Å². The molecule has 0 aromatic heterocycles. The molecule has 1 aromatic carbocycles. The predicted molar refractivity (Wildman–Crippen MR) is 68.9 cm³/mol. The van der Waals surface area contributed by atoms with E-state index in [9.17, 15) is 4.39 Å². The normalized spacial score (nSPS) is 13.5. The number of ether oxygens (including phenoxy) is 1. The Kier molecular flexibility index (Phi) is 4.52. The molecule has 1 rings (SSSR count). The van der Waals surface area contributed by atoms with Crippen LogP contribution in [0, 0.1) is 5.82 Å². The second kappa shape index (κ2) is 5.50. The number of nitrogens with one attached hydrogen (secondary N) is 1. The van der Waals surface area contributed by atoms with Crippen molar-refractivity contribution in [3.8, 4) is 5.75 Å². The summed E-state index contributed by atoms with van der Waals surface area (Å²) in [5, 5.41) is 3.25. The Morgan fingerprint density at radius 3 is 2.47 bits per heavy atom. The summed E-state index contributed by atoms with van der Waals surface area (Å²) in [5.41, 5.74) is 0.556. The highest BCUT2D eigenvalue weighted by atomic mass is 19.1. The molecule has 0 aliphatic carbocycles. The topological polar surface area (TPSA) is 21.3 Å². The van der Waals surface area contributed by atoms with Crippen LogP contribution in [-0.4, -0.2) is 12.1 Å². The van der Waals surface area contributed by atoms with Crippen molar-refractivity contribution in [2.45, 2.75) is 46.3 Å². The van der Waals surface area contributed by atoms with E-state index in [0.717, 1.165) is 12.1 Å². The second-order valence-corrected chi connectivity index (χ2v) is 5.18. The van der Waals surface area contributed by atoms with Crippen LogP contribution in [0.3, 0.4) is 0 Å². The zero-order chi connectivity index (χ0) is 13.1. The fourth-order valence-electron chi connectivity index (χ4n) is 1.62. The molecule has 0 heterocycles. The summed E-state index contributed by atoms with van der Waals surface area (Å²) in [6, 6.07) is 5.29. The summed E-state index contributed by atoms with van der Waals surface area (Å²) in [7, 11) is 0. The van der Waals surface area contributed by atoms with Gasteiger partial charge in [-0.15, -0.1) is 0 Å². The number of hydrogen-bond acceptors (Lipinski definition) is 2. The average molecular weight is 239 g/mol. The van der Waals surface area contributed by atoms with Gasteiger partial charge in [0.1, 0.15) is 5.60 Å². The highest BCUT2D eigenvalue weighted by Gasteiger charge is 2.16. The maximum atomic E-state index is 13.8. The summed E-state index contributed by atoms with van der Waals surface area (Å²) in [6.07, 6.45) is 0. The molecule has 17 heavy (non-hydrogen) atoms. The van der Waals surface area contributed by atoms with Crippen molar-refractivity contribution in [1.82, 2.24) is 5.32 Å². The molecule has 0 saturated heterocycles. The largest absolute Gasteiger partial charge is 0.485 e. The Balaban J connectivity index is 2.86. The fraction of sp³-hybridized carbons (Fsp3) is 0.571. The van der Waals surface area contributed by atoms with Gasteiger partial charge in [-0.2, -0.15) is 0 Å². The molecule has 2 nitrogen and oxygen atoms in total. The Bertz CT molecular complexity index is 371. The molecule has 0 aliphatic rings. The quantitative estimate of drug-likeness (QED) is 0.865. The number of hydrogen-bond donors (Lipinski definition) is 1. The lowest BCUT2D eigenvalue weighted by Crippen LogP contribution is -2.23. The van der Waals surface area contributed by atoms with Crippen molar-refractivity contribution in [1.29, 1.82) is 0 Å². The fourth-order valence-corrected chi connectivity index (χ4v) is 1.62. The van der Waals surface area contributed by atoms with Crippen LogP contribution in [0.1, 0.15) is 46.2 Å². The number of benzene rings is 1. The van der Waals surface area contributed by atoms with E-state index in [-0.39, 0.29) is 17.5 Å². The van der Waals surface area contributed by atoms with Crippen molar-refractivity contribution < 1.29 is 9.13 Å². The molecule has 96 valence electrons. The van der Waals surface area contributed by atoms with Crippen LogP contribution in [-0.2, 0) is 0 Å². The third kappa shape index (κ3) is 4.35. The molecule has 0 amide bonds. The van der Waals surface area contributed by atoms with Crippen LogP contribution in [0.4, 0.5) is 4.39 Å². The van der Waals surface area contributed by atoms with Gasteiger partial charge in [-0.3, -0.25) is 0 Å². The molecule has 0 spiro atoms. The van der Waals surface area contributed by atoms with E-state index in [2.05, 4.69) is 5.32 Å². The van der Waals surface area contributed by atoms with Crippen molar-refractivity contribution in [3.63, 3.8) is 0 Å².